The van der Waals surface area contributed by atoms with Crippen molar-refractivity contribution in [1.29, 1.82) is 0 Å². The molecule has 0 radical (unpaired) electrons. The number of amides is 4. The van der Waals surface area contributed by atoms with Crippen molar-refractivity contribution in [2.75, 3.05) is 5.75 Å². The Balaban J connectivity index is 2.20. The predicted octanol–water partition coefficient (Wildman–Crippen LogP) is -0.572. The smallest absolute Gasteiger partial charge is 0.326 e. The maximum atomic E-state index is 13.1. The van der Waals surface area contributed by atoms with Gasteiger partial charge in [-0.3, -0.25) is 19.2 Å². The maximum absolute atomic E-state index is 13.1. The molecule has 0 aliphatic heterocycles. The summed E-state index contributed by atoms with van der Waals surface area (Å²) in [6.45, 7) is 3.53. The number of hydrogen-bond donors (Lipinski definition) is 8. The number of nitrogens with one attached hydrogen (secondary N) is 4. The minimum Gasteiger partial charge on any atom is -0.480 e. The Bertz CT molecular complexity index is 1140. The van der Waals surface area contributed by atoms with Gasteiger partial charge in [-0.1, -0.05) is 38.5 Å². The zero-order valence-electron chi connectivity index (χ0n) is 20.7. The molecule has 9 N–H and O–H groups in total. The van der Waals surface area contributed by atoms with Gasteiger partial charge in [0.05, 0.1) is 12.5 Å². The zero-order valence-corrected chi connectivity index (χ0v) is 21.6. The number of carbonyl (C=O) groups is 5. The summed E-state index contributed by atoms with van der Waals surface area (Å²) in [6, 6.07) is 2.47. The molecular formula is C24H34N6O6S. The molecule has 0 fully saturated rings. The van der Waals surface area contributed by atoms with Crippen LogP contribution < -0.4 is 27.4 Å². The normalized spacial score (nSPS) is 15.1. The monoisotopic (exact) mass is 534 g/mol. The lowest BCUT2D eigenvalue weighted by Crippen LogP contribution is -2.59. The number of fused-ring (bicyclic) bond motifs is 1. The maximum Gasteiger partial charge on any atom is 0.326 e. The molecule has 0 spiro atoms. The van der Waals surface area contributed by atoms with Gasteiger partial charge in [0.2, 0.25) is 23.6 Å². The third-order valence-electron chi connectivity index (χ3n) is 6.08. The Morgan fingerprint density at radius 2 is 1.68 bits per heavy atom. The largest absolute Gasteiger partial charge is 0.480 e. The molecule has 202 valence electrons. The van der Waals surface area contributed by atoms with Crippen molar-refractivity contribution in [2.24, 2.45) is 17.4 Å². The van der Waals surface area contributed by atoms with Crippen LogP contribution in [-0.4, -0.2) is 69.6 Å². The van der Waals surface area contributed by atoms with Crippen LogP contribution in [0.4, 0.5) is 0 Å². The highest BCUT2D eigenvalue weighted by molar-refractivity contribution is 7.80. The molecule has 2 aromatic rings. The summed E-state index contributed by atoms with van der Waals surface area (Å²) < 4.78 is 0. The van der Waals surface area contributed by atoms with Gasteiger partial charge in [0.25, 0.3) is 0 Å². The first-order chi connectivity index (χ1) is 17.5. The predicted molar refractivity (Wildman–Crippen MR) is 141 cm³/mol. The quantitative estimate of drug-likeness (QED) is 0.148. The van der Waals surface area contributed by atoms with Crippen molar-refractivity contribution in [3.63, 3.8) is 0 Å². The van der Waals surface area contributed by atoms with E-state index in [0.717, 1.165) is 10.9 Å². The van der Waals surface area contributed by atoms with Crippen LogP contribution >= 0.6 is 12.6 Å². The van der Waals surface area contributed by atoms with Crippen molar-refractivity contribution in [3.05, 3.63) is 36.0 Å². The van der Waals surface area contributed by atoms with Gasteiger partial charge in [0.1, 0.15) is 18.1 Å². The number of hydrogen-bond acceptors (Lipinski definition) is 7. The number of H-pyrrole nitrogens is 1. The number of aromatic nitrogens is 1. The van der Waals surface area contributed by atoms with E-state index in [0.29, 0.717) is 12.0 Å². The molecule has 0 aliphatic rings. The van der Waals surface area contributed by atoms with Gasteiger partial charge in [0, 0.05) is 29.3 Å². The second kappa shape index (κ2) is 13.7. The summed E-state index contributed by atoms with van der Waals surface area (Å²) in [5.74, 6) is -4.71. The second-order valence-electron chi connectivity index (χ2n) is 8.86. The third-order valence-corrected chi connectivity index (χ3v) is 6.47. The summed E-state index contributed by atoms with van der Waals surface area (Å²) in [6.07, 6.45) is 1.54. The summed E-state index contributed by atoms with van der Waals surface area (Å²) in [7, 11) is 0. The van der Waals surface area contributed by atoms with E-state index in [2.05, 4.69) is 33.6 Å². The SMILES string of the molecule is CCC(C)C(NC(=O)C(N)CS)C(=O)NC(CC(N)=O)C(=O)NC(Cc1c[nH]c2ccccc12)C(=O)O. The number of para-hydroxylation sites is 1. The number of primary amides is 1. The van der Waals surface area contributed by atoms with Gasteiger partial charge in [-0.15, -0.1) is 0 Å². The lowest BCUT2D eigenvalue weighted by molar-refractivity contribution is -0.142. The Morgan fingerprint density at radius 3 is 2.27 bits per heavy atom. The highest BCUT2D eigenvalue weighted by Gasteiger charge is 2.33. The Labute approximate surface area is 219 Å². The first kappa shape index (κ1) is 29.6. The molecule has 13 heteroatoms. The Kier molecular flexibility index (Phi) is 10.9. The molecule has 4 amide bonds. The number of thiol groups is 1. The number of carbonyl (C=O) groups excluding carboxylic acids is 4. The molecule has 12 nitrogen and oxygen atoms in total. The van der Waals surface area contributed by atoms with Crippen LogP contribution in [0.15, 0.2) is 30.5 Å². The Morgan fingerprint density at radius 1 is 1.03 bits per heavy atom. The molecule has 2 rings (SSSR count). The standard InChI is InChI=1S/C24H34N6O6S/c1-3-12(2)20(30-21(32)15(25)11-37)23(34)28-17(9-19(26)31)22(33)29-18(24(35)36)8-13-10-27-16-7-5-4-6-14(13)16/h4-7,10,12,15,17-18,20,27,37H,3,8-9,11,25H2,1-2H3,(H2,26,31)(H,28,34)(H,29,33)(H,30,32)(H,35,36). The first-order valence-electron chi connectivity index (χ1n) is 11.8. The van der Waals surface area contributed by atoms with Gasteiger partial charge < -0.3 is 37.5 Å². The number of carboxylic acids is 1. The van der Waals surface area contributed by atoms with Crippen LogP contribution in [0.1, 0.15) is 32.3 Å². The molecule has 0 aliphatic carbocycles. The van der Waals surface area contributed by atoms with E-state index in [-0.39, 0.29) is 18.1 Å². The lowest BCUT2D eigenvalue weighted by Gasteiger charge is -2.27. The van der Waals surface area contributed by atoms with Gasteiger partial charge in [-0.05, 0) is 17.5 Å². The minimum atomic E-state index is -1.46. The van der Waals surface area contributed by atoms with Crippen LogP contribution in [0.3, 0.4) is 0 Å². The summed E-state index contributed by atoms with van der Waals surface area (Å²) in [5, 5.41) is 17.9. The van der Waals surface area contributed by atoms with E-state index >= 15 is 0 Å². The van der Waals surface area contributed by atoms with E-state index in [1.165, 1.54) is 0 Å². The van der Waals surface area contributed by atoms with E-state index in [1.54, 1.807) is 13.1 Å². The average Bonchev–Trinajstić information content (AvgIpc) is 3.27. The molecule has 0 saturated heterocycles. The number of carboxylic acid groups (broad SMARTS) is 1. The van der Waals surface area contributed by atoms with Crippen molar-refractivity contribution < 1.29 is 29.1 Å². The van der Waals surface area contributed by atoms with E-state index in [1.807, 2.05) is 31.2 Å². The minimum absolute atomic E-state index is 0.0461. The molecule has 0 bridgehead atoms. The van der Waals surface area contributed by atoms with Gasteiger partial charge >= 0.3 is 5.97 Å². The third kappa shape index (κ3) is 8.22. The molecule has 1 heterocycles. The summed E-state index contributed by atoms with van der Waals surface area (Å²) in [4.78, 5) is 65.0. The molecule has 5 atom stereocenters. The Hall–Kier alpha value is -3.58. The van der Waals surface area contributed by atoms with Crippen molar-refractivity contribution in [1.82, 2.24) is 20.9 Å². The van der Waals surface area contributed by atoms with Gasteiger partial charge in [0.15, 0.2) is 0 Å². The fraction of sp³-hybridized carbons (Fsp3) is 0.458. The molecule has 1 aromatic heterocycles. The molecular weight excluding hydrogens is 500 g/mol. The number of aliphatic carboxylic acids is 1. The van der Waals surface area contributed by atoms with E-state index in [4.69, 9.17) is 11.5 Å². The molecule has 1 aromatic carbocycles. The zero-order chi connectivity index (χ0) is 27.7. The molecule has 37 heavy (non-hydrogen) atoms. The first-order valence-corrected chi connectivity index (χ1v) is 12.4. The van der Waals surface area contributed by atoms with Crippen LogP contribution in [-0.2, 0) is 30.4 Å². The van der Waals surface area contributed by atoms with Crippen LogP contribution in [0.25, 0.3) is 10.9 Å². The number of benzene rings is 1. The van der Waals surface area contributed by atoms with E-state index in [9.17, 15) is 29.1 Å². The lowest BCUT2D eigenvalue weighted by atomic mass is 9.97. The van der Waals surface area contributed by atoms with Crippen molar-refractivity contribution >= 4 is 53.1 Å². The topological polar surface area (TPSA) is 209 Å². The van der Waals surface area contributed by atoms with Crippen LogP contribution in [0.5, 0.6) is 0 Å². The number of aromatic amines is 1. The van der Waals surface area contributed by atoms with Crippen LogP contribution in [0.2, 0.25) is 0 Å². The van der Waals surface area contributed by atoms with Gasteiger partial charge in [-0.25, -0.2) is 4.79 Å². The number of rotatable bonds is 14. The van der Waals surface area contributed by atoms with Crippen molar-refractivity contribution in [2.45, 2.75) is 57.3 Å². The van der Waals surface area contributed by atoms with Crippen molar-refractivity contribution in [3.8, 4) is 0 Å². The fourth-order valence-corrected chi connectivity index (χ4v) is 3.88. The highest BCUT2D eigenvalue weighted by atomic mass is 32.1. The summed E-state index contributed by atoms with van der Waals surface area (Å²) >= 11 is 3.98. The molecule has 5 unspecified atom stereocenters. The fourth-order valence-electron chi connectivity index (χ4n) is 3.71. The number of nitrogens with two attached hydrogens (primary N) is 2. The second-order valence-corrected chi connectivity index (χ2v) is 9.22. The van der Waals surface area contributed by atoms with Gasteiger partial charge in [-0.2, -0.15) is 12.6 Å². The molecule has 0 saturated carbocycles. The highest BCUT2D eigenvalue weighted by Crippen LogP contribution is 2.19. The summed E-state index contributed by atoms with van der Waals surface area (Å²) in [5.41, 5.74) is 12.4. The van der Waals surface area contributed by atoms with Crippen LogP contribution in [0, 0.1) is 5.92 Å². The average molecular weight is 535 g/mol. The van der Waals surface area contributed by atoms with E-state index < -0.39 is 60.2 Å².